The summed E-state index contributed by atoms with van der Waals surface area (Å²) < 4.78 is 5.38. The fourth-order valence-electron chi connectivity index (χ4n) is 3.85. The van der Waals surface area contributed by atoms with E-state index in [9.17, 15) is 9.90 Å². The first-order valence-corrected chi connectivity index (χ1v) is 9.80. The minimum absolute atomic E-state index is 0.0531. The first kappa shape index (κ1) is 18.9. The fraction of sp³-hybridized carbons (Fsp3) is 0.200. The Kier molecular flexibility index (Phi) is 5.43. The molecule has 4 heteroatoms. The van der Waals surface area contributed by atoms with E-state index in [2.05, 4.69) is 0 Å². The summed E-state index contributed by atoms with van der Waals surface area (Å²) in [6.45, 7) is 0. The zero-order valence-electron chi connectivity index (χ0n) is 16.4. The van der Waals surface area contributed by atoms with Crippen LogP contribution in [0.5, 0.6) is 5.75 Å². The molecule has 0 aromatic heterocycles. The molecule has 0 amide bonds. The third-order valence-corrected chi connectivity index (χ3v) is 5.25. The highest BCUT2D eigenvalue weighted by Gasteiger charge is 2.26. The number of carbonyl (C=O) groups is 1. The predicted octanol–water partition coefficient (Wildman–Crippen LogP) is 5.73. The van der Waals surface area contributed by atoms with Crippen molar-refractivity contribution in [3.63, 3.8) is 0 Å². The first-order valence-electron chi connectivity index (χ1n) is 9.80. The van der Waals surface area contributed by atoms with Gasteiger partial charge in [-0.1, -0.05) is 54.6 Å². The average Bonchev–Trinajstić information content (AvgIpc) is 2.74. The number of hydrogen-bond acceptors (Lipinski definition) is 4. The Morgan fingerprint density at radius 3 is 2.62 bits per heavy atom. The van der Waals surface area contributed by atoms with Crippen LogP contribution in [0.2, 0.25) is 0 Å². The smallest absolute Gasteiger partial charge is 0.168 e. The summed E-state index contributed by atoms with van der Waals surface area (Å²) in [6, 6.07) is 21.5. The molecule has 4 rings (SSSR count). The lowest BCUT2D eigenvalue weighted by atomic mass is 9.88. The highest BCUT2D eigenvalue weighted by Crippen LogP contribution is 2.31. The van der Waals surface area contributed by atoms with Gasteiger partial charge in [-0.25, -0.2) is 4.99 Å². The third kappa shape index (κ3) is 3.92. The van der Waals surface area contributed by atoms with Crippen molar-refractivity contribution in [1.82, 2.24) is 0 Å². The second kappa shape index (κ2) is 8.31. The minimum Gasteiger partial charge on any atom is -0.511 e. The van der Waals surface area contributed by atoms with Gasteiger partial charge in [0.05, 0.1) is 18.4 Å². The lowest BCUT2D eigenvalue weighted by molar-refractivity contribution is -0.115. The molecule has 1 fully saturated rings. The molecule has 0 radical (unpaired) electrons. The van der Waals surface area contributed by atoms with E-state index < -0.39 is 0 Å². The van der Waals surface area contributed by atoms with E-state index in [0.717, 1.165) is 22.8 Å². The van der Waals surface area contributed by atoms with Gasteiger partial charge in [0.25, 0.3) is 0 Å². The molecule has 146 valence electrons. The Bertz CT molecular complexity index is 1120. The van der Waals surface area contributed by atoms with Gasteiger partial charge in [0, 0.05) is 12.8 Å². The van der Waals surface area contributed by atoms with Crippen LogP contribution in [0.3, 0.4) is 0 Å². The van der Waals surface area contributed by atoms with Crippen LogP contribution >= 0.6 is 0 Å². The number of ketones is 1. The van der Waals surface area contributed by atoms with Crippen molar-refractivity contribution in [3.05, 3.63) is 83.6 Å². The van der Waals surface area contributed by atoms with Gasteiger partial charge in [0.1, 0.15) is 17.2 Å². The molecule has 0 unspecified atom stereocenters. The number of Topliss-reactive ketones (excluding diaryl/α,β-unsaturated/α-hetero) is 1. The van der Waals surface area contributed by atoms with Gasteiger partial charge in [0.2, 0.25) is 0 Å². The zero-order valence-corrected chi connectivity index (χ0v) is 16.4. The third-order valence-electron chi connectivity index (χ3n) is 5.25. The van der Waals surface area contributed by atoms with Gasteiger partial charge in [-0.3, -0.25) is 4.79 Å². The van der Waals surface area contributed by atoms with E-state index in [-0.39, 0.29) is 11.5 Å². The second-order valence-corrected chi connectivity index (χ2v) is 7.14. The summed E-state index contributed by atoms with van der Waals surface area (Å²) in [4.78, 5) is 17.4. The number of aliphatic hydroxyl groups is 1. The SMILES string of the molecule is COc1ccccc1N=C1CCCC(=O)/C1=C(\O)Cc1cccc2ccccc12. The molecule has 0 atom stereocenters. The maximum absolute atomic E-state index is 12.7. The Balaban J connectivity index is 1.77. The van der Waals surface area contributed by atoms with Crippen LogP contribution in [-0.2, 0) is 11.2 Å². The molecule has 0 bridgehead atoms. The number of rotatable bonds is 4. The molecule has 1 N–H and O–H groups in total. The van der Waals surface area contributed by atoms with Crippen LogP contribution in [0.1, 0.15) is 24.8 Å². The number of aliphatic hydroxyl groups excluding tert-OH is 1. The van der Waals surface area contributed by atoms with E-state index in [1.807, 2.05) is 66.7 Å². The van der Waals surface area contributed by atoms with E-state index in [1.165, 1.54) is 0 Å². The van der Waals surface area contributed by atoms with Crippen molar-refractivity contribution in [3.8, 4) is 5.75 Å². The van der Waals surface area contributed by atoms with Gasteiger partial charge in [-0.15, -0.1) is 0 Å². The predicted molar refractivity (Wildman–Crippen MR) is 116 cm³/mol. The molecule has 3 aromatic rings. The summed E-state index contributed by atoms with van der Waals surface area (Å²) in [6.07, 6.45) is 2.11. The Morgan fingerprint density at radius 2 is 1.76 bits per heavy atom. The Labute approximate surface area is 170 Å². The molecule has 0 aliphatic heterocycles. The van der Waals surface area contributed by atoms with Crippen molar-refractivity contribution in [2.45, 2.75) is 25.7 Å². The van der Waals surface area contributed by atoms with Crippen LogP contribution in [-0.4, -0.2) is 23.7 Å². The van der Waals surface area contributed by atoms with Crippen LogP contribution in [0.25, 0.3) is 10.8 Å². The maximum Gasteiger partial charge on any atom is 0.168 e. The normalized spacial score (nSPS) is 17.6. The van der Waals surface area contributed by atoms with Crippen molar-refractivity contribution >= 4 is 28.0 Å². The molecule has 29 heavy (non-hydrogen) atoms. The summed E-state index contributed by atoms with van der Waals surface area (Å²) >= 11 is 0. The Hall–Kier alpha value is -3.40. The Morgan fingerprint density at radius 1 is 1.00 bits per heavy atom. The van der Waals surface area contributed by atoms with Crippen LogP contribution in [0.15, 0.2) is 83.1 Å². The highest BCUT2D eigenvalue weighted by molar-refractivity contribution is 6.24. The van der Waals surface area contributed by atoms with E-state index >= 15 is 0 Å². The second-order valence-electron chi connectivity index (χ2n) is 7.14. The van der Waals surface area contributed by atoms with Gasteiger partial charge in [0.15, 0.2) is 5.78 Å². The summed E-state index contributed by atoms with van der Waals surface area (Å²) in [5.74, 6) is 0.674. The van der Waals surface area contributed by atoms with Gasteiger partial charge in [-0.05, 0) is 41.3 Å². The van der Waals surface area contributed by atoms with E-state index in [4.69, 9.17) is 9.73 Å². The quantitative estimate of drug-likeness (QED) is 0.461. The summed E-state index contributed by atoms with van der Waals surface area (Å²) in [5, 5.41) is 13.2. The van der Waals surface area contributed by atoms with Gasteiger partial charge >= 0.3 is 0 Å². The van der Waals surface area contributed by atoms with E-state index in [1.54, 1.807) is 7.11 Å². The lowest BCUT2D eigenvalue weighted by Gasteiger charge is -2.18. The monoisotopic (exact) mass is 385 g/mol. The van der Waals surface area contributed by atoms with Crippen LogP contribution in [0, 0.1) is 0 Å². The van der Waals surface area contributed by atoms with E-state index in [0.29, 0.717) is 42.0 Å². The van der Waals surface area contributed by atoms with Crippen LogP contribution in [0.4, 0.5) is 5.69 Å². The summed E-state index contributed by atoms with van der Waals surface area (Å²) in [5.41, 5.74) is 2.64. The molecule has 0 heterocycles. The number of para-hydroxylation sites is 2. The van der Waals surface area contributed by atoms with Crippen molar-refractivity contribution < 1.29 is 14.6 Å². The number of benzene rings is 3. The van der Waals surface area contributed by atoms with Crippen molar-refractivity contribution in [2.75, 3.05) is 7.11 Å². The lowest BCUT2D eigenvalue weighted by Crippen LogP contribution is -2.21. The number of ether oxygens (including phenoxy) is 1. The van der Waals surface area contributed by atoms with Crippen molar-refractivity contribution in [2.24, 2.45) is 4.99 Å². The average molecular weight is 385 g/mol. The first-order chi connectivity index (χ1) is 14.2. The molecule has 1 saturated carbocycles. The molecule has 0 saturated heterocycles. The number of methoxy groups -OCH3 is 1. The summed E-state index contributed by atoms with van der Waals surface area (Å²) in [7, 11) is 1.60. The minimum atomic E-state index is -0.0531. The largest absolute Gasteiger partial charge is 0.511 e. The molecular formula is C25H23NO3. The highest BCUT2D eigenvalue weighted by atomic mass is 16.5. The number of fused-ring (bicyclic) bond motifs is 1. The standard InChI is InChI=1S/C25H23NO3/c1-29-24-15-5-4-12-20(24)26-21-13-7-14-22(27)25(21)23(28)16-18-10-6-9-17-8-2-3-11-19(17)18/h2-6,8-12,15,28H,7,13-14,16H2,1H3/b25-23-,26-21?. The fourth-order valence-corrected chi connectivity index (χ4v) is 3.85. The topological polar surface area (TPSA) is 58.9 Å². The number of allylic oxidation sites excluding steroid dienone is 2. The number of hydrogen-bond donors (Lipinski definition) is 1. The maximum atomic E-state index is 12.7. The van der Waals surface area contributed by atoms with Gasteiger partial charge < -0.3 is 9.84 Å². The number of nitrogens with zero attached hydrogens (tertiary/aromatic N) is 1. The molecule has 1 aliphatic rings. The molecule has 4 nitrogen and oxygen atoms in total. The van der Waals surface area contributed by atoms with Crippen LogP contribution < -0.4 is 4.74 Å². The molecular weight excluding hydrogens is 362 g/mol. The number of aliphatic imine (C=N–C) groups is 1. The molecule has 1 aliphatic carbocycles. The van der Waals surface area contributed by atoms with Crippen molar-refractivity contribution in [1.29, 1.82) is 0 Å². The van der Waals surface area contributed by atoms with Gasteiger partial charge in [-0.2, -0.15) is 0 Å². The zero-order chi connectivity index (χ0) is 20.2. The number of carbonyl (C=O) groups excluding carboxylic acids is 1. The molecule has 0 spiro atoms. The molecule has 3 aromatic carbocycles.